The molecule has 1 unspecified atom stereocenters. The third kappa shape index (κ3) is 4.09. The number of amides is 1. The number of carbonyl (C=O) groups excluding carboxylic acids is 2. The van der Waals surface area contributed by atoms with E-state index in [-0.39, 0.29) is 5.91 Å². The molecule has 1 N–H and O–H groups in total. The van der Waals surface area contributed by atoms with Crippen molar-refractivity contribution in [2.75, 3.05) is 5.32 Å². The zero-order valence-electron chi connectivity index (χ0n) is 12.3. The van der Waals surface area contributed by atoms with E-state index in [1.54, 1.807) is 37.3 Å². The maximum absolute atomic E-state index is 12.2. The van der Waals surface area contributed by atoms with Crippen molar-refractivity contribution < 1.29 is 14.3 Å². The topological polar surface area (TPSA) is 55.4 Å². The lowest BCUT2D eigenvalue weighted by Gasteiger charge is -2.15. The minimum Gasteiger partial charge on any atom is -0.454 e. The largest absolute Gasteiger partial charge is 0.454 e. The van der Waals surface area contributed by atoms with E-state index in [1.165, 1.54) is 6.92 Å². The summed E-state index contributed by atoms with van der Waals surface area (Å²) in [6, 6.07) is 13.8. The highest BCUT2D eigenvalue weighted by atomic mass is 35.5. The van der Waals surface area contributed by atoms with E-state index in [4.69, 9.17) is 16.3 Å². The van der Waals surface area contributed by atoms with E-state index in [1.807, 2.05) is 18.2 Å². The molecule has 1 amide bonds. The van der Waals surface area contributed by atoms with E-state index in [0.29, 0.717) is 16.3 Å². The van der Waals surface area contributed by atoms with Crippen LogP contribution in [-0.2, 0) is 9.53 Å². The number of hydrogen-bond donors (Lipinski definition) is 1. The van der Waals surface area contributed by atoms with Gasteiger partial charge in [-0.2, -0.15) is 0 Å². The second-order valence-electron chi connectivity index (χ2n) is 4.83. The Morgan fingerprint density at radius 3 is 2.55 bits per heavy atom. The molecule has 0 fully saturated rings. The molecule has 0 radical (unpaired) electrons. The number of nitrogens with one attached hydrogen (secondary N) is 1. The minimum absolute atomic E-state index is 0.199. The Morgan fingerprint density at radius 2 is 1.86 bits per heavy atom. The first-order valence-electron chi connectivity index (χ1n) is 6.80. The Kier molecular flexibility index (Phi) is 5.17. The van der Waals surface area contributed by atoms with Gasteiger partial charge in [-0.3, -0.25) is 4.79 Å². The van der Waals surface area contributed by atoms with Crippen molar-refractivity contribution in [3.63, 3.8) is 0 Å². The second kappa shape index (κ2) is 7.09. The molecule has 0 saturated carbocycles. The van der Waals surface area contributed by atoms with E-state index in [0.717, 1.165) is 5.56 Å². The molecule has 0 aliphatic rings. The first-order valence-corrected chi connectivity index (χ1v) is 7.18. The standard InChI is InChI=1S/C17H16ClNO3/c1-11(15-8-3-4-9-16(15)18)22-17(21)13-6-5-7-14(10-13)19-12(2)20/h3-11H,1-2H3,(H,19,20). The van der Waals surface area contributed by atoms with Crippen LogP contribution in [0.5, 0.6) is 0 Å². The molecule has 22 heavy (non-hydrogen) atoms. The molecule has 0 aliphatic heterocycles. The van der Waals surface area contributed by atoms with Gasteiger partial charge in [0.05, 0.1) is 5.56 Å². The number of halogens is 1. The summed E-state index contributed by atoms with van der Waals surface area (Å²) in [5, 5.41) is 3.18. The normalized spacial score (nSPS) is 11.6. The van der Waals surface area contributed by atoms with Crippen molar-refractivity contribution in [3.05, 3.63) is 64.7 Å². The first kappa shape index (κ1) is 16.0. The van der Waals surface area contributed by atoms with Crippen LogP contribution in [0.1, 0.15) is 35.9 Å². The Morgan fingerprint density at radius 1 is 1.14 bits per heavy atom. The first-order chi connectivity index (χ1) is 10.5. The fourth-order valence-corrected chi connectivity index (χ4v) is 2.31. The molecule has 2 rings (SSSR count). The van der Waals surface area contributed by atoms with Gasteiger partial charge in [-0.1, -0.05) is 35.9 Å². The number of rotatable bonds is 4. The smallest absolute Gasteiger partial charge is 0.338 e. The van der Waals surface area contributed by atoms with Gasteiger partial charge >= 0.3 is 5.97 Å². The second-order valence-corrected chi connectivity index (χ2v) is 5.24. The molecule has 4 nitrogen and oxygen atoms in total. The Bertz CT molecular complexity index is 700. The SMILES string of the molecule is CC(=O)Nc1cccc(C(=O)OC(C)c2ccccc2Cl)c1. The zero-order valence-corrected chi connectivity index (χ0v) is 13.1. The molecule has 0 saturated heterocycles. The molecular formula is C17H16ClNO3. The molecule has 2 aromatic rings. The average Bonchev–Trinajstić information content (AvgIpc) is 2.47. The number of esters is 1. The van der Waals surface area contributed by atoms with Crippen LogP contribution in [0.25, 0.3) is 0 Å². The van der Waals surface area contributed by atoms with Crippen LogP contribution in [0.2, 0.25) is 5.02 Å². The zero-order chi connectivity index (χ0) is 16.1. The van der Waals surface area contributed by atoms with Crippen LogP contribution in [0.4, 0.5) is 5.69 Å². The van der Waals surface area contributed by atoms with Gasteiger partial charge in [0.25, 0.3) is 0 Å². The lowest BCUT2D eigenvalue weighted by Crippen LogP contribution is -2.11. The highest BCUT2D eigenvalue weighted by Crippen LogP contribution is 2.26. The van der Waals surface area contributed by atoms with E-state index in [2.05, 4.69) is 5.32 Å². The van der Waals surface area contributed by atoms with Crippen molar-refractivity contribution >= 4 is 29.2 Å². The van der Waals surface area contributed by atoms with Gasteiger partial charge in [-0.05, 0) is 31.2 Å². The van der Waals surface area contributed by atoms with Crippen LogP contribution in [0.3, 0.4) is 0 Å². The summed E-state index contributed by atoms with van der Waals surface area (Å²) < 4.78 is 5.43. The van der Waals surface area contributed by atoms with Gasteiger partial charge in [-0.25, -0.2) is 4.79 Å². The molecule has 0 aliphatic carbocycles. The van der Waals surface area contributed by atoms with Crippen LogP contribution < -0.4 is 5.32 Å². The third-order valence-corrected chi connectivity index (χ3v) is 3.39. The molecule has 0 spiro atoms. The highest BCUT2D eigenvalue weighted by molar-refractivity contribution is 6.31. The van der Waals surface area contributed by atoms with Crippen molar-refractivity contribution in [2.24, 2.45) is 0 Å². The van der Waals surface area contributed by atoms with Gasteiger partial charge in [0.2, 0.25) is 5.91 Å². The number of hydrogen-bond acceptors (Lipinski definition) is 3. The van der Waals surface area contributed by atoms with E-state index < -0.39 is 12.1 Å². The van der Waals surface area contributed by atoms with Crippen molar-refractivity contribution in [1.29, 1.82) is 0 Å². The van der Waals surface area contributed by atoms with Crippen molar-refractivity contribution in [1.82, 2.24) is 0 Å². The summed E-state index contributed by atoms with van der Waals surface area (Å²) in [6.07, 6.45) is -0.467. The summed E-state index contributed by atoms with van der Waals surface area (Å²) in [5.74, 6) is -0.672. The summed E-state index contributed by atoms with van der Waals surface area (Å²) in [6.45, 7) is 3.17. The third-order valence-electron chi connectivity index (χ3n) is 3.05. The minimum atomic E-state index is -0.473. The monoisotopic (exact) mass is 317 g/mol. The van der Waals surface area contributed by atoms with Crippen LogP contribution in [0.15, 0.2) is 48.5 Å². The van der Waals surface area contributed by atoms with Gasteiger partial charge in [0.1, 0.15) is 6.10 Å². The van der Waals surface area contributed by atoms with Crippen LogP contribution in [-0.4, -0.2) is 11.9 Å². The van der Waals surface area contributed by atoms with Crippen LogP contribution >= 0.6 is 11.6 Å². The maximum Gasteiger partial charge on any atom is 0.338 e. The predicted octanol–water partition coefficient (Wildman–Crippen LogP) is 4.22. The molecule has 0 aromatic heterocycles. The maximum atomic E-state index is 12.2. The highest BCUT2D eigenvalue weighted by Gasteiger charge is 2.16. The average molecular weight is 318 g/mol. The van der Waals surface area contributed by atoms with Crippen molar-refractivity contribution in [2.45, 2.75) is 20.0 Å². The Hall–Kier alpha value is -2.33. The van der Waals surface area contributed by atoms with Crippen molar-refractivity contribution in [3.8, 4) is 0 Å². The van der Waals surface area contributed by atoms with Gasteiger partial charge in [0.15, 0.2) is 0 Å². The summed E-state index contributed by atoms with van der Waals surface area (Å²) in [7, 11) is 0. The number of benzene rings is 2. The number of ether oxygens (including phenoxy) is 1. The van der Waals surface area contributed by atoms with Gasteiger partial charge in [-0.15, -0.1) is 0 Å². The number of anilines is 1. The Balaban J connectivity index is 2.12. The Labute approximate surface area is 134 Å². The molecule has 5 heteroatoms. The van der Waals surface area contributed by atoms with Crippen LogP contribution in [0, 0.1) is 0 Å². The lowest BCUT2D eigenvalue weighted by molar-refractivity contribution is -0.114. The summed E-state index contributed by atoms with van der Waals surface area (Å²) in [4.78, 5) is 23.3. The quantitative estimate of drug-likeness (QED) is 0.859. The molecule has 0 heterocycles. The molecule has 0 bridgehead atoms. The number of carbonyl (C=O) groups is 2. The van der Waals surface area contributed by atoms with E-state index in [9.17, 15) is 9.59 Å². The lowest BCUT2D eigenvalue weighted by atomic mass is 10.1. The molecular weight excluding hydrogens is 302 g/mol. The molecule has 114 valence electrons. The summed E-state index contributed by atoms with van der Waals surface area (Å²) >= 11 is 6.09. The fraction of sp³-hybridized carbons (Fsp3) is 0.176. The van der Waals surface area contributed by atoms with Gasteiger partial charge < -0.3 is 10.1 Å². The predicted molar refractivity (Wildman–Crippen MR) is 86.0 cm³/mol. The van der Waals surface area contributed by atoms with E-state index >= 15 is 0 Å². The summed E-state index contributed by atoms with van der Waals surface area (Å²) in [5.41, 5.74) is 1.66. The fourth-order valence-electron chi connectivity index (χ4n) is 2.02. The van der Waals surface area contributed by atoms with Gasteiger partial charge in [0, 0.05) is 23.2 Å². The molecule has 1 atom stereocenters. The molecule has 2 aromatic carbocycles.